The molecule has 0 saturated carbocycles. The Labute approximate surface area is 91.3 Å². The molecule has 0 aliphatic carbocycles. The minimum atomic E-state index is -1.73. The second-order valence-corrected chi connectivity index (χ2v) is 2.61. The van der Waals surface area contributed by atoms with E-state index >= 15 is 0 Å². The van der Waals surface area contributed by atoms with E-state index < -0.39 is 37.0 Å². The van der Waals surface area contributed by atoms with Crippen LogP contribution in [0.15, 0.2) is 12.7 Å². The highest BCUT2D eigenvalue weighted by Gasteiger charge is 2.22. The molecule has 2 N–H and O–H groups in total. The Balaban J connectivity index is 3.98. The van der Waals surface area contributed by atoms with E-state index in [0.29, 0.717) is 0 Å². The lowest BCUT2D eigenvalue weighted by Crippen LogP contribution is -2.28. The highest BCUT2D eigenvalue weighted by atomic mass is 16.6. The van der Waals surface area contributed by atoms with Crippen LogP contribution in [0.3, 0.4) is 0 Å². The fourth-order valence-corrected chi connectivity index (χ4v) is 0.679. The van der Waals surface area contributed by atoms with Gasteiger partial charge in [-0.15, -0.1) is 0 Å². The van der Waals surface area contributed by atoms with Crippen LogP contribution in [0.5, 0.6) is 0 Å². The molecule has 16 heavy (non-hydrogen) atoms. The Morgan fingerprint density at radius 1 is 1.38 bits per heavy atom. The summed E-state index contributed by atoms with van der Waals surface area (Å²) >= 11 is 0. The molecule has 90 valence electrons. The van der Waals surface area contributed by atoms with Crippen LogP contribution in [-0.4, -0.2) is 47.4 Å². The molecule has 0 aliphatic heterocycles. The Hall–Kier alpha value is -1.73. The average Bonchev–Trinajstić information content (AvgIpc) is 2.25. The minimum absolute atomic E-state index is 0.281. The minimum Gasteiger partial charge on any atom is -0.461 e. The Bertz CT molecular complexity index is 284. The highest BCUT2D eigenvalue weighted by Crippen LogP contribution is 1.98. The topological polar surface area (TPSA) is 110 Å². The summed E-state index contributed by atoms with van der Waals surface area (Å²) in [5.74, 6) is -3.11. The zero-order valence-corrected chi connectivity index (χ0v) is 8.42. The fourth-order valence-electron chi connectivity index (χ4n) is 0.679. The van der Waals surface area contributed by atoms with Gasteiger partial charge in [0.05, 0.1) is 13.0 Å². The standard InChI is InChI=1S/C9H12O7/c1-2-7(12)16-8(13)5-6(11)9(14)15-4-3-10/h2,6,10-11H,1,3-5H2. The van der Waals surface area contributed by atoms with Gasteiger partial charge in [-0.3, -0.25) is 4.79 Å². The summed E-state index contributed by atoms with van der Waals surface area (Å²) in [6.45, 7) is 2.39. The summed E-state index contributed by atoms with van der Waals surface area (Å²) in [5, 5.41) is 17.4. The molecule has 0 aromatic heterocycles. The predicted molar refractivity (Wildman–Crippen MR) is 50.0 cm³/mol. The van der Waals surface area contributed by atoms with Crippen molar-refractivity contribution in [1.82, 2.24) is 0 Å². The van der Waals surface area contributed by atoms with Crippen LogP contribution in [0, 0.1) is 0 Å². The SMILES string of the molecule is C=CC(=O)OC(=O)CC(O)C(=O)OCCO. The van der Waals surface area contributed by atoms with Crippen molar-refractivity contribution in [1.29, 1.82) is 0 Å². The van der Waals surface area contributed by atoms with E-state index in [1.54, 1.807) is 0 Å². The molecule has 7 heteroatoms. The molecule has 0 rings (SSSR count). The molecular formula is C9H12O7. The fraction of sp³-hybridized carbons (Fsp3) is 0.444. The molecular weight excluding hydrogens is 220 g/mol. The average molecular weight is 232 g/mol. The molecule has 0 heterocycles. The molecule has 0 aromatic carbocycles. The first-order valence-corrected chi connectivity index (χ1v) is 4.34. The quantitative estimate of drug-likeness (QED) is 0.326. The van der Waals surface area contributed by atoms with Crippen molar-refractivity contribution in [2.75, 3.05) is 13.2 Å². The summed E-state index contributed by atoms with van der Waals surface area (Å²) < 4.78 is 8.45. The predicted octanol–water partition coefficient (Wildman–Crippen LogP) is -1.47. The van der Waals surface area contributed by atoms with Gasteiger partial charge in [0, 0.05) is 6.08 Å². The van der Waals surface area contributed by atoms with E-state index in [1.807, 2.05) is 0 Å². The van der Waals surface area contributed by atoms with Gasteiger partial charge in [0.1, 0.15) is 6.61 Å². The number of hydrogen-bond donors (Lipinski definition) is 2. The molecule has 0 spiro atoms. The van der Waals surface area contributed by atoms with Crippen molar-refractivity contribution in [3.8, 4) is 0 Å². The third kappa shape index (κ3) is 5.89. The lowest BCUT2D eigenvalue weighted by atomic mass is 10.2. The van der Waals surface area contributed by atoms with Crippen LogP contribution in [0.4, 0.5) is 0 Å². The largest absolute Gasteiger partial charge is 0.461 e. The van der Waals surface area contributed by atoms with E-state index in [1.165, 1.54) is 0 Å². The van der Waals surface area contributed by atoms with E-state index in [4.69, 9.17) is 10.2 Å². The van der Waals surface area contributed by atoms with Gasteiger partial charge in [-0.25, -0.2) is 9.59 Å². The molecule has 0 bridgehead atoms. The Kier molecular flexibility index (Phi) is 6.73. The smallest absolute Gasteiger partial charge is 0.337 e. The molecule has 0 aliphatic rings. The molecule has 0 radical (unpaired) electrons. The first-order valence-electron chi connectivity index (χ1n) is 4.34. The maximum absolute atomic E-state index is 10.9. The summed E-state index contributed by atoms with van der Waals surface area (Å²) in [6, 6.07) is 0. The Morgan fingerprint density at radius 3 is 2.50 bits per heavy atom. The van der Waals surface area contributed by atoms with Crippen molar-refractivity contribution >= 4 is 17.9 Å². The summed E-state index contributed by atoms with van der Waals surface area (Å²) in [6.07, 6.45) is -1.66. The monoisotopic (exact) mass is 232 g/mol. The molecule has 0 aromatic rings. The number of aliphatic hydroxyl groups is 2. The number of ether oxygens (including phenoxy) is 2. The molecule has 1 atom stereocenters. The van der Waals surface area contributed by atoms with E-state index in [2.05, 4.69) is 16.1 Å². The van der Waals surface area contributed by atoms with Crippen molar-refractivity contribution < 1.29 is 34.1 Å². The number of esters is 3. The van der Waals surface area contributed by atoms with Gasteiger partial charge >= 0.3 is 17.9 Å². The first kappa shape index (κ1) is 14.3. The van der Waals surface area contributed by atoms with Crippen molar-refractivity contribution in [3.05, 3.63) is 12.7 Å². The number of aliphatic hydroxyl groups excluding tert-OH is 2. The second-order valence-electron chi connectivity index (χ2n) is 2.61. The summed E-state index contributed by atoms with van der Waals surface area (Å²) in [5.41, 5.74) is 0. The van der Waals surface area contributed by atoms with Crippen LogP contribution in [0.25, 0.3) is 0 Å². The molecule has 0 saturated heterocycles. The number of carbonyl (C=O) groups is 3. The number of hydrogen-bond acceptors (Lipinski definition) is 7. The van der Waals surface area contributed by atoms with Crippen LogP contribution in [0.1, 0.15) is 6.42 Å². The van der Waals surface area contributed by atoms with E-state index in [0.717, 1.165) is 6.08 Å². The van der Waals surface area contributed by atoms with Crippen molar-refractivity contribution in [3.63, 3.8) is 0 Å². The number of rotatable bonds is 6. The second kappa shape index (κ2) is 7.55. The van der Waals surface area contributed by atoms with Gasteiger partial charge < -0.3 is 19.7 Å². The molecule has 0 fully saturated rings. The third-order valence-electron chi connectivity index (χ3n) is 1.35. The van der Waals surface area contributed by atoms with Gasteiger partial charge in [0.15, 0.2) is 6.10 Å². The van der Waals surface area contributed by atoms with Gasteiger partial charge in [0.25, 0.3) is 0 Å². The van der Waals surface area contributed by atoms with Crippen LogP contribution < -0.4 is 0 Å². The lowest BCUT2D eigenvalue weighted by molar-refractivity contribution is -0.164. The van der Waals surface area contributed by atoms with Gasteiger partial charge in [-0.05, 0) is 0 Å². The van der Waals surface area contributed by atoms with Crippen molar-refractivity contribution in [2.45, 2.75) is 12.5 Å². The lowest BCUT2D eigenvalue weighted by Gasteiger charge is -2.08. The van der Waals surface area contributed by atoms with E-state index in [-0.39, 0.29) is 6.61 Å². The van der Waals surface area contributed by atoms with Crippen LogP contribution in [-0.2, 0) is 23.9 Å². The molecule has 0 amide bonds. The highest BCUT2D eigenvalue weighted by molar-refractivity contribution is 5.93. The third-order valence-corrected chi connectivity index (χ3v) is 1.35. The van der Waals surface area contributed by atoms with Gasteiger partial charge in [0.2, 0.25) is 0 Å². The van der Waals surface area contributed by atoms with Crippen LogP contribution in [0.2, 0.25) is 0 Å². The Morgan fingerprint density at radius 2 is 2.00 bits per heavy atom. The molecule has 1 unspecified atom stereocenters. The van der Waals surface area contributed by atoms with Gasteiger partial charge in [-0.2, -0.15) is 0 Å². The normalized spacial score (nSPS) is 11.4. The van der Waals surface area contributed by atoms with Crippen LogP contribution >= 0.6 is 0 Å². The van der Waals surface area contributed by atoms with Crippen molar-refractivity contribution in [2.24, 2.45) is 0 Å². The van der Waals surface area contributed by atoms with Gasteiger partial charge in [-0.1, -0.05) is 6.58 Å². The maximum Gasteiger partial charge on any atom is 0.337 e. The first-order chi connectivity index (χ1) is 7.51. The number of carbonyl (C=O) groups excluding carboxylic acids is 3. The maximum atomic E-state index is 10.9. The zero-order chi connectivity index (χ0) is 12.6. The summed E-state index contributed by atoms with van der Waals surface area (Å²) in [7, 11) is 0. The zero-order valence-electron chi connectivity index (χ0n) is 8.42. The molecule has 7 nitrogen and oxygen atoms in total. The summed E-state index contributed by atoms with van der Waals surface area (Å²) in [4.78, 5) is 32.3. The van der Waals surface area contributed by atoms with E-state index in [9.17, 15) is 14.4 Å².